The summed E-state index contributed by atoms with van der Waals surface area (Å²) in [4.78, 5) is 15.0. The van der Waals surface area contributed by atoms with Crippen LogP contribution in [-0.4, -0.2) is 18.1 Å². The zero-order valence-electron chi connectivity index (χ0n) is 9.89. The lowest BCUT2D eigenvalue weighted by molar-refractivity contribution is -0.139. The van der Waals surface area contributed by atoms with Crippen molar-refractivity contribution in [3.63, 3.8) is 0 Å². The molecule has 1 heterocycles. The number of methoxy groups -OCH3 is 1. The van der Waals surface area contributed by atoms with Gasteiger partial charge in [-0.05, 0) is 12.1 Å². The maximum atomic E-state index is 13.7. The van der Waals surface area contributed by atoms with E-state index in [1.165, 1.54) is 13.2 Å². The number of ether oxygens (including phenoxy) is 1. The zero-order valence-corrected chi connectivity index (χ0v) is 9.89. The van der Waals surface area contributed by atoms with Gasteiger partial charge in [-0.2, -0.15) is 0 Å². The van der Waals surface area contributed by atoms with Crippen molar-refractivity contribution in [3.8, 4) is 0 Å². The molecule has 0 bridgehead atoms. The Morgan fingerprint density at radius 2 is 2.33 bits per heavy atom. The van der Waals surface area contributed by atoms with E-state index in [0.29, 0.717) is 11.1 Å². The van der Waals surface area contributed by atoms with Crippen LogP contribution in [0.1, 0.15) is 12.0 Å². The van der Waals surface area contributed by atoms with Crippen LogP contribution in [0.15, 0.2) is 36.5 Å². The Bertz CT molecular complexity index is 608. The van der Waals surface area contributed by atoms with E-state index < -0.39 is 0 Å². The van der Waals surface area contributed by atoms with E-state index >= 15 is 0 Å². The number of rotatable bonds is 3. The predicted octanol–water partition coefficient (Wildman–Crippen LogP) is 2.95. The molecule has 0 aliphatic carbocycles. The van der Waals surface area contributed by atoms with Crippen molar-refractivity contribution in [2.75, 3.05) is 7.11 Å². The Kier molecular flexibility index (Phi) is 3.67. The first kappa shape index (κ1) is 12.2. The second-order valence-electron chi connectivity index (χ2n) is 3.75. The molecule has 2 aromatic rings. The summed E-state index contributed by atoms with van der Waals surface area (Å²) in [6, 6.07) is 6.74. The number of esters is 1. The van der Waals surface area contributed by atoms with Gasteiger partial charge in [-0.3, -0.25) is 9.78 Å². The van der Waals surface area contributed by atoms with Crippen molar-refractivity contribution in [2.45, 2.75) is 6.42 Å². The van der Waals surface area contributed by atoms with Gasteiger partial charge in [-0.25, -0.2) is 4.39 Å². The molecule has 3 nitrogen and oxygen atoms in total. The molecule has 92 valence electrons. The largest absolute Gasteiger partial charge is 0.469 e. The summed E-state index contributed by atoms with van der Waals surface area (Å²) in [6.07, 6.45) is 4.89. The van der Waals surface area contributed by atoms with Gasteiger partial charge in [-0.15, -0.1) is 0 Å². The van der Waals surface area contributed by atoms with Crippen LogP contribution in [0.25, 0.3) is 17.0 Å². The van der Waals surface area contributed by atoms with Crippen LogP contribution in [0.5, 0.6) is 0 Å². The molecular formula is C14H12FNO2. The molecule has 18 heavy (non-hydrogen) atoms. The molecule has 4 heteroatoms. The van der Waals surface area contributed by atoms with Crippen LogP contribution >= 0.6 is 0 Å². The van der Waals surface area contributed by atoms with Crippen molar-refractivity contribution >= 4 is 22.9 Å². The normalized spacial score (nSPS) is 11.0. The standard InChI is InChI=1S/C14H12FNO2/c1-18-14(17)6-2-4-10-8-11-5-3-7-16-13(11)9-12(10)15/h2-5,7-9H,6H2,1H3. The summed E-state index contributed by atoms with van der Waals surface area (Å²) in [5.41, 5.74) is 1.04. The van der Waals surface area contributed by atoms with Crippen LogP contribution < -0.4 is 0 Å². The molecule has 0 atom stereocenters. The van der Waals surface area contributed by atoms with E-state index in [-0.39, 0.29) is 18.2 Å². The van der Waals surface area contributed by atoms with Crippen molar-refractivity contribution in [2.24, 2.45) is 0 Å². The van der Waals surface area contributed by atoms with Crippen LogP contribution in [0, 0.1) is 5.82 Å². The average molecular weight is 245 g/mol. The van der Waals surface area contributed by atoms with Gasteiger partial charge in [-0.1, -0.05) is 18.2 Å². The number of pyridine rings is 1. The summed E-state index contributed by atoms with van der Waals surface area (Å²) >= 11 is 0. The second-order valence-corrected chi connectivity index (χ2v) is 3.75. The van der Waals surface area contributed by atoms with E-state index in [9.17, 15) is 9.18 Å². The number of nitrogens with zero attached hydrogens (tertiary/aromatic N) is 1. The monoisotopic (exact) mass is 245 g/mol. The van der Waals surface area contributed by atoms with E-state index in [2.05, 4.69) is 9.72 Å². The molecule has 0 unspecified atom stereocenters. The molecule has 0 fully saturated rings. The first-order valence-corrected chi connectivity index (χ1v) is 5.48. The predicted molar refractivity (Wildman–Crippen MR) is 67.4 cm³/mol. The van der Waals surface area contributed by atoms with Gasteiger partial charge in [0, 0.05) is 23.2 Å². The molecular weight excluding hydrogens is 233 g/mol. The fourth-order valence-electron chi connectivity index (χ4n) is 1.61. The van der Waals surface area contributed by atoms with Gasteiger partial charge < -0.3 is 4.74 Å². The van der Waals surface area contributed by atoms with Gasteiger partial charge in [0.05, 0.1) is 19.0 Å². The molecule has 0 saturated heterocycles. The first-order chi connectivity index (χ1) is 8.70. The highest BCUT2D eigenvalue weighted by Crippen LogP contribution is 2.18. The Labute approximate surface area is 104 Å². The lowest BCUT2D eigenvalue weighted by Crippen LogP contribution is -1.96. The molecule has 0 aliphatic rings. The second kappa shape index (κ2) is 5.40. The van der Waals surface area contributed by atoms with Crippen LogP contribution in [0.2, 0.25) is 0 Å². The zero-order chi connectivity index (χ0) is 13.0. The first-order valence-electron chi connectivity index (χ1n) is 5.48. The van der Waals surface area contributed by atoms with Crippen LogP contribution in [0.3, 0.4) is 0 Å². The van der Waals surface area contributed by atoms with Gasteiger partial charge >= 0.3 is 5.97 Å². The number of benzene rings is 1. The quantitative estimate of drug-likeness (QED) is 0.780. The maximum Gasteiger partial charge on any atom is 0.309 e. The highest BCUT2D eigenvalue weighted by molar-refractivity contribution is 5.81. The van der Waals surface area contributed by atoms with Gasteiger partial charge in [0.2, 0.25) is 0 Å². The topological polar surface area (TPSA) is 39.2 Å². The van der Waals surface area contributed by atoms with Gasteiger partial charge in [0.1, 0.15) is 5.82 Å². The molecule has 0 amide bonds. The molecule has 1 aromatic carbocycles. The number of halogens is 1. The minimum Gasteiger partial charge on any atom is -0.469 e. The Hall–Kier alpha value is -2.23. The molecule has 0 N–H and O–H groups in total. The van der Waals surface area contributed by atoms with E-state index in [1.807, 2.05) is 6.07 Å². The van der Waals surface area contributed by atoms with Crippen LogP contribution in [-0.2, 0) is 9.53 Å². The lowest BCUT2D eigenvalue weighted by Gasteiger charge is -2.01. The number of hydrogen-bond donors (Lipinski definition) is 0. The van der Waals surface area contributed by atoms with Crippen molar-refractivity contribution in [1.29, 1.82) is 0 Å². The summed E-state index contributed by atoms with van der Waals surface area (Å²) in [5.74, 6) is -0.712. The van der Waals surface area contributed by atoms with E-state index in [4.69, 9.17) is 0 Å². The summed E-state index contributed by atoms with van der Waals surface area (Å²) < 4.78 is 18.2. The van der Waals surface area contributed by atoms with Gasteiger partial charge in [0.25, 0.3) is 0 Å². The molecule has 0 saturated carbocycles. The van der Waals surface area contributed by atoms with E-state index in [0.717, 1.165) is 5.39 Å². The number of carbonyl (C=O) groups is 1. The minimum absolute atomic E-state index is 0.126. The third kappa shape index (κ3) is 2.71. The third-order valence-corrected chi connectivity index (χ3v) is 2.53. The average Bonchev–Trinajstić information content (AvgIpc) is 2.39. The molecule has 2 rings (SSSR count). The van der Waals surface area contributed by atoms with Gasteiger partial charge in [0.15, 0.2) is 0 Å². The molecule has 0 radical (unpaired) electrons. The fourth-order valence-corrected chi connectivity index (χ4v) is 1.61. The third-order valence-electron chi connectivity index (χ3n) is 2.53. The number of fused-ring (bicyclic) bond motifs is 1. The highest BCUT2D eigenvalue weighted by atomic mass is 19.1. The lowest BCUT2D eigenvalue weighted by atomic mass is 10.1. The molecule has 1 aromatic heterocycles. The summed E-state index contributed by atoms with van der Waals surface area (Å²) in [5, 5.41) is 0.858. The van der Waals surface area contributed by atoms with E-state index in [1.54, 1.807) is 30.5 Å². The number of carbonyl (C=O) groups excluding carboxylic acids is 1. The number of hydrogen-bond acceptors (Lipinski definition) is 3. The fraction of sp³-hybridized carbons (Fsp3) is 0.143. The minimum atomic E-state index is -0.359. The highest BCUT2D eigenvalue weighted by Gasteiger charge is 2.03. The Morgan fingerprint density at radius 1 is 1.50 bits per heavy atom. The molecule has 0 aliphatic heterocycles. The maximum absolute atomic E-state index is 13.7. The smallest absolute Gasteiger partial charge is 0.309 e. The Morgan fingerprint density at radius 3 is 3.11 bits per heavy atom. The molecule has 0 spiro atoms. The summed E-state index contributed by atoms with van der Waals surface area (Å²) in [6.45, 7) is 0. The van der Waals surface area contributed by atoms with Crippen molar-refractivity contribution < 1.29 is 13.9 Å². The van der Waals surface area contributed by atoms with Crippen LogP contribution in [0.4, 0.5) is 4.39 Å². The Balaban J connectivity index is 2.28. The summed E-state index contributed by atoms with van der Waals surface area (Å²) in [7, 11) is 1.32. The van der Waals surface area contributed by atoms with Crippen molar-refractivity contribution in [1.82, 2.24) is 4.98 Å². The van der Waals surface area contributed by atoms with Crippen molar-refractivity contribution in [3.05, 3.63) is 47.9 Å². The number of aromatic nitrogens is 1. The SMILES string of the molecule is COC(=O)CC=Cc1cc2cccnc2cc1F.